The number of amides is 1. The van der Waals surface area contributed by atoms with Crippen LogP contribution in [0, 0.1) is 6.92 Å². The number of hydrogen-bond donors (Lipinski definition) is 1. The molecule has 7 nitrogen and oxygen atoms in total. The Balaban J connectivity index is 1.54. The molecule has 2 aliphatic rings. The molecule has 3 aromatic carbocycles. The molecule has 2 fully saturated rings. The van der Waals surface area contributed by atoms with E-state index in [2.05, 4.69) is 0 Å². The first-order valence-electron chi connectivity index (χ1n) is 12.8. The zero-order valence-corrected chi connectivity index (χ0v) is 21.6. The number of likely N-dealkylation sites (tertiary alicyclic amines) is 1. The lowest BCUT2D eigenvalue weighted by Crippen LogP contribution is -2.36. The van der Waals surface area contributed by atoms with Gasteiger partial charge in [0.25, 0.3) is 11.7 Å². The van der Waals surface area contributed by atoms with Crippen LogP contribution < -0.4 is 9.47 Å². The minimum Gasteiger partial charge on any atom is -0.507 e. The van der Waals surface area contributed by atoms with Gasteiger partial charge in [0.1, 0.15) is 12.4 Å². The Morgan fingerprint density at radius 1 is 1.03 bits per heavy atom. The number of aliphatic hydroxyl groups is 1. The topological polar surface area (TPSA) is 85.3 Å². The average Bonchev–Trinajstić information content (AvgIpc) is 3.55. The Morgan fingerprint density at radius 3 is 2.47 bits per heavy atom. The summed E-state index contributed by atoms with van der Waals surface area (Å²) < 4.78 is 17.4. The number of aryl methyl sites for hydroxylation is 1. The van der Waals surface area contributed by atoms with E-state index in [1.54, 1.807) is 31.4 Å². The lowest BCUT2D eigenvalue weighted by molar-refractivity contribution is -0.140. The second kappa shape index (κ2) is 11.1. The molecule has 196 valence electrons. The third kappa shape index (κ3) is 5.15. The number of carbonyl (C=O) groups excluding carboxylic acids is 2. The molecule has 0 radical (unpaired) electrons. The molecule has 2 saturated heterocycles. The minimum absolute atomic E-state index is 0.0526. The maximum Gasteiger partial charge on any atom is 0.295 e. The molecular weight excluding hydrogens is 482 g/mol. The van der Waals surface area contributed by atoms with Crippen LogP contribution >= 0.6 is 0 Å². The lowest BCUT2D eigenvalue weighted by Gasteiger charge is -2.28. The van der Waals surface area contributed by atoms with Crippen molar-refractivity contribution in [3.8, 4) is 11.5 Å². The van der Waals surface area contributed by atoms with Gasteiger partial charge in [0.05, 0.1) is 24.8 Å². The summed E-state index contributed by atoms with van der Waals surface area (Å²) in [5.41, 5.74) is 3.21. The number of nitrogens with zero attached hydrogens (tertiary/aromatic N) is 1. The summed E-state index contributed by atoms with van der Waals surface area (Å²) in [7, 11) is 1.55. The van der Waals surface area contributed by atoms with Gasteiger partial charge in [-0.05, 0) is 43.0 Å². The molecule has 7 heteroatoms. The van der Waals surface area contributed by atoms with Crippen LogP contribution in [0.2, 0.25) is 0 Å². The van der Waals surface area contributed by atoms with Crippen LogP contribution in [-0.2, 0) is 20.9 Å². The molecule has 2 atom stereocenters. The SMILES string of the molecule is COc1cc(C2/C(=C(\O)c3ccc(C)cc3)C(=O)C(=O)N2CC2CCCO2)ccc1OCc1ccccc1. The number of hydrogen-bond acceptors (Lipinski definition) is 6. The molecule has 0 bridgehead atoms. The Kier molecular flexibility index (Phi) is 7.47. The van der Waals surface area contributed by atoms with Crippen molar-refractivity contribution in [2.75, 3.05) is 20.3 Å². The first kappa shape index (κ1) is 25.5. The zero-order valence-electron chi connectivity index (χ0n) is 21.6. The molecule has 1 amide bonds. The van der Waals surface area contributed by atoms with E-state index in [-0.39, 0.29) is 24.0 Å². The molecule has 2 aliphatic heterocycles. The highest BCUT2D eigenvalue weighted by atomic mass is 16.5. The number of carbonyl (C=O) groups is 2. The standard InChI is InChI=1S/C31H31NO6/c1-20-10-12-22(13-11-20)29(33)27-28(32(31(35)30(27)34)18-24-9-6-16-37-24)23-14-15-25(26(17-23)36-2)38-19-21-7-4-3-5-8-21/h3-5,7-8,10-15,17,24,28,33H,6,9,16,18-19H2,1-2H3/b29-27+. The van der Waals surface area contributed by atoms with E-state index < -0.39 is 17.7 Å². The van der Waals surface area contributed by atoms with Crippen molar-refractivity contribution in [1.82, 2.24) is 4.90 Å². The Bertz CT molecular complexity index is 1340. The van der Waals surface area contributed by atoms with E-state index in [4.69, 9.17) is 14.2 Å². The summed E-state index contributed by atoms with van der Waals surface area (Å²) in [4.78, 5) is 28.1. The van der Waals surface area contributed by atoms with Crippen molar-refractivity contribution in [2.24, 2.45) is 0 Å². The minimum atomic E-state index is -0.794. The van der Waals surface area contributed by atoms with E-state index in [1.165, 1.54) is 4.90 Å². The summed E-state index contributed by atoms with van der Waals surface area (Å²) in [5.74, 6) is -0.560. The smallest absolute Gasteiger partial charge is 0.295 e. The molecule has 2 heterocycles. The predicted octanol–water partition coefficient (Wildman–Crippen LogP) is 5.18. The highest BCUT2D eigenvalue weighted by molar-refractivity contribution is 6.46. The third-order valence-electron chi connectivity index (χ3n) is 7.03. The number of methoxy groups -OCH3 is 1. The molecule has 0 saturated carbocycles. The Hall–Kier alpha value is -4.10. The summed E-state index contributed by atoms with van der Waals surface area (Å²) >= 11 is 0. The van der Waals surface area contributed by atoms with E-state index in [1.807, 2.05) is 55.5 Å². The zero-order chi connectivity index (χ0) is 26.6. The summed E-state index contributed by atoms with van der Waals surface area (Å²) in [6.45, 7) is 3.19. The number of Topliss-reactive ketones (excluding diaryl/α,β-unsaturated/α-hetero) is 1. The molecule has 2 unspecified atom stereocenters. The van der Waals surface area contributed by atoms with Crippen molar-refractivity contribution < 1.29 is 28.9 Å². The first-order valence-corrected chi connectivity index (χ1v) is 12.8. The van der Waals surface area contributed by atoms with Gasteiger partial charge in [-0.15, -0.1) is 0 Å². The Labute approximate surface area is 222 Å². The van der Waals surface area contributed by atoms with E-state index in [0.29, 0.717) is 35.8 Å². The van der Waals surface area contributed by atoms with Gasteiger partial charge in [-0.2, -0.15) is 0 Å². The molecule has 38 heavy (non-hydrogen) atoms. The van der Waals surface area contributed by atoms with Gasteiger partial charge in [0.15, 0.2) is 11.5 Å². The van der Waals surface area contributed by atoms with Crippen molar-refractivity contribution in [3.63, 3.8) is 0 Å². The predicted molar refractivity (Wildman–Crippen MR) is 143 cm³/mol. The highest BCUT2D eigenvalue weighted by Crippen LogP contribution is 2.42. The van der Waals surface area contributed by atoms with Crippen molar-refractivity contribution in [1.29, 1.82) is 0 Å². The fourth-order valence-electron chi connectivity index (χ4n) is 5.00. The van der Waals surface area contributed by atoms with Gasteiger partial charge < -0.3 is 24.2 Å². The van der Waals surface area contributed by atoms with Crippen LogP contribution in [0.1, 0.15) is 41.1 Å². The summed E-state index contributed by atoms with van der Waals surface area (Å²) in [5, 5.41) is 11.3. The summed E-state index contributed by atoms with van der Waals surface area (Å²) in [6, 6.07) is 21.6. The third-order valence-corrected chi connectivity index (χ3v) is 7.03. The molecule has 3 aromatic rings. The van der Waals surface area contributed by atoms with Crippen LogP contribution in [0.5, 0.6) is 11.5 Å². The molecule has 0 spiro atoms. The van der Waals surface area contributed by atoms with Crippen LogP contribution in [-0.4, -0.2) is 48.1 Å². The van der Waals surface area contributed by atoms with Gasteiger partial charge in [-0.1, -0.05) is 66.2 Å². The Morgan fingerprint density at radius 2 is 1.79 bits per heavy atom. The summed E-state index contributed by atoms with van der Waals surface area (Å²) in [6.07, 6.45) is 1.55. The number of ketones is 1. The molecular formula is C31H31NO6. The van der Waals surface area contributed by atoms with E-state index in [9.17, 15) is 14.7 Å². The second-order valence-electron chi connectivity index (χ2n) is 9.64. The highest BCUT2D eigenvalue weighted by Gasteiger charge is 2.47. The average molecular weight is 514 g/mol. The van der Waals surface area contributed by atoms with Gasteiger partial charge in [0, 0.05) is 18.7 Å². The van der Waals surface area contributed by atoms with Crippen LogP contribution in [0.4, 0.5) is 0 Å². The number of ether oxygens (including phenoxy) is 3. The van der Waals surface area contributed by atoms with Crippen molar-refractivity contribution in [3.05, 3.63) is 101 Å². The van der Waals surface area contributed by atoms with Crippen molar-refractivity contribution >= 4 is 17.4 Å². The number of benzene rings is 3. The first-order chi connectivity index (χ1) is 18.5. The van der Waals surface area contributed by atoms with Gasteiger partial charge in [-0.3, -0.25) is 9.59 Å². The fraction of sp³-hybridized carbons (Fsp3) is 0.290. The monoisotopic (exact) mass is 513 g/mol. The largest absolute Gasteiger partial charge is 0.507 e. The maximum atomic E-state index is 13.3. The van der Waals surface area contributed by atoms with Crippen LogP contribution in [0.3, 0.4) is 0 Å². The molecule has 5 rings (SSSR count). The number of aliphatic hydroxyl groups excluding tert-OH is 1. The molecule has 0 aliphatic carbocycles. The van der Waals surface area contributed by atoms with Gasteiger partial charge in [-0.25, -0.2) is 0 Å². The lowest BCUT2D eigenvalue weighted by atomic mass is 9.94. The maximum absolute atomic E-state index is 13.3. The molecule has 0 aromatic heterocycles. The quantitative estimate of drug-likeness (QED) is 0.254. The van der Waals surface area contributed by atoms with E-state index >= 15 is 0 Å². The van der Waals surface area contributed by atoms with E-state index in [0.717, 1.165) is 24.0 Å². The van der Waals surface area contributed by atoms with Gasteiger partial charge in [0.2, 0.25) is 0 Å². The normalized spacial score (nSPS) is 20.6. The van der Waals surface area contributed by atoms with Crippen LogP contribution in [0.25, 0.3) is 5.76 Å². The number of rotatable bonds is 8. The molecule has 1 N–H and O–H groups in total. The fourth-order valence-corrected chi connectivity index (χ4v) is 5.00. The van der Waals surface area contributed by atoms with Crippen LogP contribution in [0.15, 0.2) is 78.4 Å². The van der Waals surface area contributed by atoms with Gasteiger partial charge >= 0.3 is 0 Å². The van der Waals surface area contributed by atoms with Crippen molar-refractivity contribution in [2.45, 2.75) is 38.5 Å². The second-order valence-corrected chi connectivity index (χ2v) is 9.64.